The molecule has 2 aromatic carbocycles. The minimum absolute atomic E-state index is 0.0443. The van der Waals surface area contributed by atoms with Gasteiger partial charge in [-0.3, -0.25) is 9.78 Å². The third-order valence-electron chi connectivity index (χ3n) is 3.22. The van der Waals surface area contributed by atoms with Crippen LogP contribution in [0.25, 0.3) is 0 Å². The second kappa shape index (κ2) is 7.22. The maximum atomic E-state index is 12.0. The van der Waals surface area contributed by atoms with Crippen molar-refractivity contribution in [3.8, 4) is 11.5 Å². The van der Waals surface area contributed by atoms with Crippen molar-refractivity contribution in [2.75, 3.05) is 5.32 Å². The highest BCUT2D eigenvalue weighted by atomic mass is 16.5. The molecule has 0 aliphatic rings. The summed E-state index contributed by atoms with van der Waals surface area (Å²) in [7, 11) is 0. The molecule has 1 aromatic heterocycles. The molecule has 4 heteroatoms. The number of ether oxygens (including phenoxy) is 1. The Kier molecular flexibility index (Phi) is 4.64. The van der Waals surface area contributed by atoms with Gasteiger partial charge in [0.15, 0.2) is 0 Å². The Morgan fingerprint density at radius 3 is 2.39 bits per heavy atom. The molecule has 0 atom stereocenters. The third kappa shape index (κ3) is 4.41. The lowest BCUT2D eigenvalue weighted by molar-refractivity contribution is -0.115. The van der Waals surface area contributed by atoms with Crippen LogP contribution in [0, 0.1) is 0 Å². The summed E-state index contributed by atoms with van der Waals surface area (Å²) in [5, 5.41) is 2.87. The smallest absolute Gasteiger partial charge is 0.228 e. The third-order valence-corrected chi connectivity index (χ3v) is 3.22. The van der Waals surface area contributed by atoms with Gasteiger partial charge in [0.05, 0.1) is 12.6 Å². The first-order valence-electron chi connectivity index (χ1n) is 7.31. The zero-order valence-electron chi connectivity index (χ0n) is 12.5. The second-order valence-corrected chi connectivity index (χ2v) is 5.03. The molecule has 3 rings (SSSR count). The first-order valence-corrected chi connectivity index (χ1v) is 7.31. The topological polar surface area (TPSA) is 51.2 Å². The van der Waals surface area contributed by atoms with Crippen LogP contribution >= 0.6 is 0 Å². The predicted octanol–water partition coefficient (Wildman–Crippen LogP) is 4.06. The zero-order valence-corrected chi connectivity index (χ0v) is 12.5. The van der Waals surface area contributed by atoms with Gasteiger partial charge in [0.1, 0.15) is 11.5 Å². The van der Waals surface area contributed by atoms with Crippen LogP contribution in [0.3, 0.4) is 0 Å². The van der Waals surface area contributed by atoms with Gasteiger partial charge in [-0.05, 0) is 42.0 Å². The molecule has 0 aliphatic carbocycles. The molecule has 0 saturated carbocycles. The average Bonchev–Trinajstić information content (AvgIpc) is 2.58. The van der Waals surface area contributed by atoms with E-state index in [1.807, 2.05) is 66.7 Å². The van der Waals surface area contributed by atoms with Crippen LogP contribution in [0.5, 0.6) is 11.5 Å². The summed E-state index contributed by atoms with van der Waals surface area (Å²) in [5.74, 6) is 1.32. The van der Waals surface area contributed by atoms with E-state index in [-0.39, 0.29) is 5.91 Å². The van der Waals surface area contributed by atoms with E-state index in [1.54, 1.807) is 12.4 Å². The van der Waals surface area contributed by atoms with Gasteiger partial charge in [0.2, 0.25) is 5.91 Å². The van der Waals surface area contributed by atoms with E-state index in [0.29, 0.717) is 17.9 Å². The van der Waals surface area contributed by atoms with Crippen molar-refractivity contribution in [3.05, 3.63) is 84.7 Å². The van der Waals surface area contributed by atoms with E-state index < -0.39 is 0 Å². The average molecular weight is 304 g/mol. The molecule has 0 spiro atoms. The molecular weight excluding hydrogens is 288 g/mol. The van der Waals surface area contributed by atoms with Crippen molar-refractivity contribution in [3.63, 3.8) is 0 Å². The molecule has 114 valence electrons. The van der Waals surface area contributed by atoms with Gasteiger partial charge in [-0.25, -0.2) is 0 Å². The molecule has 0 saturated heterocycles. The molecule has 0 aliphatic heterocycles. The van der Waals surface area contributed by atoms with Gasteiger partial charge in [0, 0.05) is 11.9 Å². The van der Waals surface area contributed by atoms with Crippen LogP contribution in [0.1, 0.15) is 5.56 Å². The van der Waals surface area contributed by atoms with Gasteiger partial charge in [0.25, 0.3) is 0 Å². The van der Waals surface area contributed by atoms with Gasteiger partial charge in [-0.1, -0.05) is 30.3 Å². The minimum atomic E-state index is -0.0443. The minimum Gasteiger partial charge on any atom is -0.456 e. The van der Waals surface area contributed by atoms with Gasteiger partial charge < -0.3 is 10.1 Å². The first kappa shape index (κ1) is 14.8. The standard InChI is InChI=1S/C19H16N2O2/c22-19(13-15-5-2-1-3-6-15)21-16-8-10-17(11-9-16)23-18-7-4-12-20-14-18/h1-12,14H,13H2,(H,21,22). The highest BCUT2D eigenvalue weighted by Crippen LogP contribution is 2.22. The largest absolute Gasteiger partial charge is 0.456 e. The molecular formula is C19H16N2O2. The molecule has 0 fully saturated rings. The Morgan fingerprint density at radius 1 is 0.913 bits per heavy atom. The molecule has 1 heterocycles. The summed E-state index contributed by atoms with van der Waals surface area (Å²) >= 11 is 0. The van der Waals surface area contributed by atoms with E-state index in [4.69, 9.17) is 4.74 Å². The molecule has 1 N–H and O–H groups in total. The van der Waals surface area contributed by atoms with Crippen LogP contribution < -0.4 is 10.1 Å². The van der Waals surface area contributed by atoms with Crippen LogP contribution in [0.2, 0.25) is 0 Å². The summed E-state index contributed by atoms with van der Waals surface area (Å²) in [6.07, 6.45) is 3.70. The number of carbonyl (C=O) groups excluding carboxylic acids is 1. The van der Waals surface area contributed by atoms with Crippen LogP contribution in [-0.2, 0) is 11.2 Å². The summed E-state index contributed by atoms with van der Waals surface area (Å²) in [6.45, 7) is 0. The maximum Gasteiger partial charge on any atom is 0.228 e. The van der Waals surface area contributed by atoms with Crippen LogP contribution in [0.4, 0.5) is 5.69 Å². The van der Waals surface area contributed by atoms with Gasteiger partial charge in [-0.15, -0.1) is 0 Å². The Labute approximate surface area is 134 Å². The van der Waals surface area contributed by atoms with Crippen molar-refractivity contribution in [2.24, 2.45) is 0 Å². The number of carbonyl (C=O) groups is 1. The summed E-state index contributed by atoms with van der Waals surface area (Å²) in [6, 6.07) is 20.5. The zero-order chi connectivity index (χ0) is 15.9. The maximum absolute atomic E-state index is 12.0. The van der Waals surface area contributed by atoms with E-state index in [2.05, 4.69) is 10.3 Å². The second-order valence-electron chi connectivity index (χ2n) is 5.03. The number of nitrogens with zero attached hydrogens (tertiary/aromatic N) is 1. The predicted molar refractivity (Wildman–Crippen MR) is 89.5 cm³/mol. The number of aromatic nitrogens is 1. The van der Waals surface area contributed by atoms with Gasteiger partial charge in [-0.2, -0.15) is 0 Å². The lowest BCUT2D eigenvalue weighted by Crippen LogP contribution is -2.14. The normalized spacial score (nSPS) is 10.1. The number of pyridine rings is 1. The molecule has 4 nitrogen and oxygen atoms in total. The highest BCUT2D eigenvalue weighted by Gasteiger charge is 2.04. The van der Waals surface area contributed by atoms with Crippen molar-refractivity contribution in [2.45, 2.75) is 6.42 Å². The Hall–Kier alpha value is -3.14. The lowest BCUT2D eigenvalue weighted by atomic mass is 10.1. The summed E-state index contributed by atoms with van der Waals surface area (Å²) in [5.41, 5.74) is 1.73. The fourth-order valence-corrected chi connectivity index (χ4v) is 2.14. The SMILES string of the molecule is O=C(Cc1ccccc1)Nc1ccc(Oc2cccnc2)cc1. The first-order chi connectivity index (χ1) is 11.3. The number of hydrogen-bond acceptors (Lipinski definition) is 3. The number of anilines is 1. The van der Waals surface area contributed by atoms with Crippen LogP contribution in [0.15, 0.2) is 79.1 Å². The number of nitrogens with one attached hydrogen (secondary N) is 1. The number of hydrogen-bond donors (Lipinski definition) is 1. The number of rotatable bonds is 5. The highest BCUT2D eigenvalue weighted by molar-refractivity contribution is 5.92. The fourth-order valence-electron chi connectivity index (χ4n) is 2.14. The number of amides is 1. The van der Waals surface area contributed by atoms with Crippen molar-refractivity contribution in [1.82, 2.24) is 4.98 Å². The van der Waals surface area contributed by atoms with Crippen LogP contribution in [-0.4, -0.2) is 10.9 Å². The summed E-state index contributed by atoms with van der Waals surface area (Å²) in [4.78, 5) is 16.0. The lowest BCUT2D eigenvalue weighted by Gasteiger charge is -2.08. The fraction of sp³-hybridized carbons (Fsp3) is 0.0526. The Bertz CT molecular complexity index is 756. The molecule has 1 amide bonds. The van der Waals surface area contributed by atoms with E-state index in [9.17, 15) is 4.79 Å². The quantitative estimate of drug-likeness (QED) is 0.773. The Morgan fingerprint density at radius 2 is 1.70 bits per heavy atom. The van der Waals surface area contributed by atoms with Crippen molar-refractivity contribution >= 4 is 11.6 Å². The Balaban J connectivity index is 1.58. The van der Waals surface area contributed by atoms with Gasteiger partial charge >= 0.3 is 0 Å². The van der Waals surface area contributed by atoms with E-state index >= 15 is 0 Å². The van der Waals surface area contributed by atoms with E-state index in [1.165, 1.54) is 0 Å². The molecule has 23 heavy (non-hydrogen) atoms. The monoisotopic (exact) mass is 304 g/mol. The van der Waals surface area contributed by atoms with Crippen molar-refractivity contribution in [1.29, 1.82) is 0 Å². The van der Waals surface area contributed by atoms with Crippen molar-refractivity contribution < 1.29 is 9.53 Å². The summed E-state index contributed by atoms with van der Waals surface area (Å²) < 4.78 is 5.66. The molecule has 0 unspecified atom stereocenters. The molecule has 0 radical (unpaired) electrons. The van der Waals surface area contributed by atoms with E-state index in [0.717, 1.165) is 11.3 Å². The molecule has 3 aromatic rings. The number of benzene rings is 2. The molecule has 0 bridgehead atoms.